The predicted octanol–water partition coefficient (Wildman–Crippen LogP) is 4.03. The molecule has 19 heavy (non-hydrogen) atoms. The number of hydrogen-bond donors (Lipinski definition) is 1. The average Bonchev–Trinajstić information content (AvgIpc) is 2.39. The van der Waals surface area contributed by atoms with Gasteiger partial charge in [0.15, 0.2) is 0 Å². The van der Waals surface area contributed by atoms with Gasteiger partial charge >= 0.3 is 0 Å². The third-order valence-corrected chi connectivity index (χ3v) is 3.58. The number of nitrogens with one attached hydrogen (secondary N) is 1. The first kappa shape index (κ1) is 14.3. The summed E-state index contributed by atoms with van der Waals surface area (Å²) >= 11 is 12.2. The van der Waals surface area contributed by atoms with Gasteiger partial charge in [-0.25, -0.2) is 4.39 Å². The van der Waals surface area contributed by atoms with Crippen molar-refractivity contribution in [2.45, 2.75) is 12.5 Å². The van der Waals surface area contributed by atoms with Crippen LogP contribution in [0.4, 0.5) is 4.39 Å². The molecule has 0 saturated heterocycles. The van der Waals surface area contributed by atoms with E-state index >= 15 is 0 Å². The molecule has 0 aliphatic rings. The van der Waals surface area contributed by atoms with Gasteiger partial charge < -0.3 is 5.32 Å². The van der Waals surface area contributed by atoms with Crippen LogP contribution in [0.5, 0.6) is 0 Å². The zero-order valence-electron chi connectivity index (χ0n) is 10.3. The van der Waals surface area contributed by atoms with Crippen LogP contribution in [0.25, 0.3) is 0 Å². The summed E-state index contributed by atoms with van der Waals surface area (Å²) in [6.45, 7) is 0. The maximum atomic E-state index is 13.0. The van der Waals surface area contributed by atoms with E-state index in [9.17, 15) is 4.39 Å². The van der Waals surface area contributed by atoms with E-state index in [1.54, 1.807) is 24.4 Å². The fourth-order valence-electron chi connectivity index (χ4n) is 1.90. The smallest absolute Gasteiger partial charge is 0.124 e. The molecule has 0 fully saturated rings. The standard InChI is InChI=1S/C14H13Cl2FN2/c1-18-13(14-11(15)3-2-6-19-14)7-9-4-5-10(17)8-12(9)16/h2-6,8,13,18H,7H2,1H3. The highest BCUT2D eigenvalue weighted by Crippen LogP contribution is 2.26. The van der Waals surface area contributed by atoms with Crippen LogP contribution in [0.1, 0.15) is 17.3 Å². The maximum absolute atomic E-state index is 13.0. The van der Waals surface area contributed by atoms with E-state index in [-0.39, 0.29) is 11.9 Å². The summed E-state index contributed by atoms with van der Waals surface area (Å²) in [4.78, 5) is 4.28. The lowest BCUT2D eigenvalue weighted by molar-refractivity contribution is 0.574. The highest BCUT2D eigenvalue weighted by molar-refractivity contribution is 6.31. The molecular formula is C14H13Cl2FN2. The molecule has 2 rings (SSSR count). The fraction of sp³-hybridized carbons (Fsp3) is 0.214. The lowest BCUT2D eigenvalue weighted by atomic mass is 10.0. The Kier molecular flexibility index (Phi) is 4.75. The molecule has 1 atom stereocenters. The highest BCUT2D eigenvalue weighted by atomic mass is 35.5. The molecule has 5 heteroatoms. The van der Waals surface area contributed by atoms with Crippen molar-refractivity contribution in [2.75, 3.05) is 7.05 Å². The van der Waals surface area contributed by atoms with E-state index in [0.29, 0.717) is 16.5 Å². The van der Waals surface area contributed by atoms with E-state index in [2.05, 4.69) is 10.3 Å². The van der Waals surface area contributed by atoms with Crippen LogP contribution in [-0.4, -0.2) is 12.0 Å². The predicted molar refractivity (Wildman–Crippen MR) is 76.2 cm³/mol. The molecule has 0 aliphatic carbocycles. The molecule has 1 N–H and O–H groups in total. The van der Waals surface area contributed by atoms with Gasteiger partial charge in [0, 0.05) is 11.2 Å². The molecule has 1 unspecified atom stereocenters. The van der Waals surface area contributed by atoms with Gasteiger partial charge in [-0.15, -0.1) is 0 Å². The number of hydrogen-bond acceptors (Lipinski definition) is 2. The summed E-state index contributed by atoms with van der Waals surface area (Å²) in [5.74, 6) is -0.342. The number of nitrogens with zero attached hydrogens (tertiary/aromatic N) is 1. The minimum Gasteiger partial charge on any atom is -0.311 e. The number of likely N-dealkylation sites (N-methyl/N-ethyl adjacent to an activating group) is 1. The monoisotopic (exact) mass is 298 g/mol. The Morgan fingerprint density at radius 2 is 2.05 bits per heavy atom. The maximum Gasteiger partial charge on any atom is 0.124 e. The molecular weight excluding hydrogens is 286 g/mol. The number of aromatic nitrogens is 1. The molecule has 0 spiro atoms. The summed E-state index contributed by atoms with van der Waals surface area (Å²) in [6.07, 6.45) is 2.28. The van der Waals surface area contributed by atoms with Crippen LogP contribution in [0, 0.1) is 5.82 Å². The molecule has 0 radical (unpaired) electrons. The molecule has 0 bridgehead atoms. The minimum atomic E-state index is -0.342. The van der Waals surface area contributed by atoms with Crippen LogP contribution in [0.3, 0.4) is 0 Å². The largest absolute Gasteiger partial charge is 0.311 e. The van der Waals surface area contributed by atoms with E-state index in [0.717, 1.165) is 11.3 Å². The van der Waals surface area contributed by atoms with Gasteiger partial charge in [0.05, 0.1) is 16.8 Å². The van der Waals surface area contributed by atoms with Gasteiger partial charge in [-0.1, -0.05) is 29.3 Å². The Hall–Kier alpha value is -1.16. The molecule has 2 aromatic rings. The summed E-state index contributed by atoms with van der Waals surface area (Å²) in [5.41, 5.74) is 1.61. The number of halogens is 3. The van der Waals surface area contributed by atoms with Gasteiger partial charge in [-0.2, -0.15) is 0 Å². The third kappa shape index (κ3) is 3.44. The van der Waals surface area contributed by atoms with Gasteiger partial charge in [-0.05, 0) is 43.3 Å². The first-order valence-electron chi connectivity index (χ1n) is 5.83. The van der Waals surface area contributed by atoms with E-state index < -0.39 is 0 Å². The van der Waals surface area contributed by atoms with E-state index in [1.165, 1.54) is 12.1 Å². The van der Waals surface area contributed by atoms with Crippen molar-refractivity contribution in [2.24, 2.45) is 0 Å². The summed E-state index contributed by atoms with van der Waals surface area (Å²) in [5, 5.41) is 4.16. The fourth-order valence-corrected chi connectivity index (χ4v) is 2.39. The molecule has 0 saturated carbocycles. The topological polar surface area (TPSA) is 24.9 Å². The molecule has 0 aliphatic heterocycles. The molecule has 0 amide bonds. The highest BCUT2D eigenvalue weighted by Gasteiger charge is 2.16. The van der Waals surface area contributed by atoms with Gasteiger partial charge in [-0.3, -0.25) is 4.98 Å². The van der Waals surface area contributed by atoms with Gasteiger partial charge in [0.1, 0.15) is 5.82 Å². The Balaban J connectivity index is 2.27. The summed E-state index contributed by atoms with van der Waals surface area (Å²) in [7, 11) is 1.83. The SMILES string of the molecule is CNC(Cc1ccc(F)cc1Cl)c1ncccc1Cl. The van der Waals surface area contributed by atoms with Crippen LogP contribution >= 0.6 is 23.2 Å². The minimum absolute atomic E-state index is 0.0725. The number of benzene rings is 1. The molecule has 1 heterocycles. The average molecular weight is 299 g/mol. The Morgan fingerprint density at radius 3 is 2.68 bits per heavy atom. The van der Waals surface area contributed by atoms with Gasteiger partial charge in [0.2, 0.25) is 0 Å². The van der Waals surface area contributed by atoms with Crippen molar-refractivity contribution in [3.05, 3.63) is 63.6 Å². The Labute approximate surface area is 121 Å². The van der Waals surface area contributed by atoms with Crippen molar-refractivity contribution < 1.29 is 4.39 Å². The first-order chi connectivity index (χ1) is 9.11. The zero-order valence-corrected chi connectivity index (χ0v) is 11.8. The molecule has 1 aromatic carbocycles. The van der Waals surface area contributed by atoms with Crippen molar-refractivity contribution in [1.82, 2.24) is 10.3 Å². The third-order valence-electron chi connectivity index (χ3n) is 2.90. The number of pyridine rings is 1. The Bertz CT molecular complexity index is 575. The first-order valence-corrected chi connectivity index (χ1v) is 6.59. The second-order valence-corrected chi connectivity index (χ2v) is 4.97. The van der Waals surface area contributed by atoms with Crippen molar-refractivity contribution >= 4 is 23.2 Å². The van der Waals surface area contributed by atoms with Crippen LogP contribution in [-0.2, 0) is 6.42 Å². The van der Waals surface area contributed by atoms with Crippen molar-refractivity contribution in [3.63, 3.8) is 0 Å². The Morgan fingerprint density at radius 1 is 1.26 bits per heavy atom. The molecule has 100 valence electrons. The van der Waals surface area contributed by atoms with Crippen molar-refractivity contribution in [1.29, 1.82) is 0 Å². The normalized spacial score (nSPS) is 12.4. The van der Waals surface area contributed by atoms with Crippen LogP contribution in [0.2, 0.25) is 10.0 Å². The van der Waals surface area contributed by atoms with Gasteiger partial charge in [0.25, 0.3) is 0 Å². The van der Waals surface area contributed by atoms with E-state index in [4.69, 9.17) is 23.2 Å². The van der Waals surface area contributed by atoms with Crippen molar-refractivity contribution in [3.8, 4) is 0 Å². The van der Waals surface area contributed by atoms with E-state index in [1.807, 2.05) is 7.05 Å². The quantitative estimate of drug-likeness (QED) is 0.922. The summed E-state index contributed by atoms with van der Waals surface area (Å²) in [6, 6.07) is 7.89. The lowest BCUT2D eigenvalue weighted by Gasteiger charge is -2.17. The van der Waals surface area contributed by atoms with Crippen LogP contribution in [0.15, 0.2) is 36.5 Å². The van der Waals surface area contributed by atoms with Crippen LogP contribution < -0.4 is 5.32 Å². The zero-order chi connectivity index (χ0) is 13.8. The summed E-state index contributed by atoms with van der Waals surface area (Å²) < 4.78 is 13.0. The second kappa shape index (κ2) is 6.33. The number of rotatable bonds is 4. The molecule has 1 aromatic heterocycles. The second-order valence-electron chi connectivity index (χ2n) is 4.15. The lowest BCUT2D eigenvalue weighted by Crippen LogP contribution is -2.20. The molecule has 2 nitrogen and oxygen atoms in total.